The zero-order valence-corrected chi connectivity index (χ0v) is 15.4. The second kappa shape index (κ2) is 7.09. The molecule has 0 spiro atoms. The predicted molar refractivity (Wildman–Crippen MR) is 101 cm³/mol. The molecule has 25 heavy (non-hydrogen) atoms. The van der Waals surface area contributed by atoms with Crippen LogP contribution in [0, 0.1) is 5.41 Å². The fraction of sp³-hybridized carbons (Fsp3) is 0.421. The number of hydrogen-bond donors (Lipinski definition) is 3. The van der Waals surface area contributed by atoms with Crippen LogP contribution in [0.25, 0.3) is 0 Å². The summed E-state index contributed by atoms with van der Waals surface area (Å²) in [6.07, 6.45) is 1.60. The van der Waals surface area contributed by atoms with Crippen molar-refractivity contribution in [1.29, 1.82) is 0 Å². The van der Waals surface area contributed by atoms with E-state index in [1.165, 1.54) is 0 Å². The van der Waals surface area contributed by atoms with Crippen molar-refractivity contribution < 1.29 is 9.90 Å². The molecule has 0 unspecified atom stereocenters. The van der Waals surface area contributed by atoms with Crippen LogP contribution in [0.5, 0.6) is 5.75 Å². The third kappa shape index (κ3) is 5.74. The molecule has 0 aliphatic rings. The van der Waals surface area contributed by atoms with Crippen molar-refractivity contribution in [3.05, 3.63) is 36.0 Å². The molecule has 0 atom stereocenters. The van der Waals surface area contributed by atoms with Crippen molar-refractivity contribution in [2.45, 2.75) is 46.6 Å². The molecule has 134 valence electrons. The quantitative estimate of drug-likeness (QED) is 0.534. The Morgan fingerprint density at radius 1 is 1.12 bits per heavy atom. The minimum Gasteiger partial charge on any atom is -0.506 e. The van der Waals surface area contributed by atoms with Gasteiger partial charge in [-0.05, 0) is 37.8 Å². The summed E-state index contributed by atoms with van der Waals surface area (Å²) in [4.78, 5) is 19.8. The number of carbonyl (C=O) groups is 1. The molecule has 1 heterocycles. The molecule has 0 fully saturated rings. The number of benzene rings is 1. The number of aromatic hydroxyl groups is 1. The first-order valence-corrected chi connectivity index (χ1v) is 8.25. The molecule has 2 aromatic rings. The van der Waals surface area contributed by atoms with E-state index in [0.717, 1.165) is 6.42 Å². The highest BCUT2D eigenvalue weighted by Gasteiger charge is 2.26. The van der Waals surface area contributed by atoms with Gasteiger partial charge >= 0.3 is 0 Å². The fourth-order valence-electron chi connectivity index (χ4n) is 3.06. The number of rotatable bonds is 6. The third-order valence-electron chi connectivity index (χ3n) is 3.46. The van der Waals surface area contributed by atoms with E-state index in [-0.39, 0.29) is 28.3 Å². The Balaban J connectivity index is 2.28. The molecule has 1 aromatic heterocycles. The molecule has 0 saturated heterocycles. The molecule has 2 rings (SSSR count). The van der Waals surface area contributed by atoms with Crippen LogP contribution in [0.1, 0.15) is 51.5 Å². The summed E-state index contributed by atoms with van der Waals surface area (Å²) in [5.41, 5.74) is 0.680. The molecule has 6 nitrogen and oxygen atoms in total. The second-order valence-corrected chi connectivity index (χ2v) is 8.01. The Kier molecular flexibility index (Phi) is 5.30. The summed E-state index contributed by atoms with van der Waals surface area (Å²) >= 11 is 0. The summed E-state index contributed by atoms with van der Waals surface area (Å²) < 4.78 is 0. The standard InChI is InChI=1S/C19H26N4O2/c1-18(2,3)12-19(4,5)23-16-10-13(11-24)20-17(22-16)21-14-8-6-7-9-15(14)25/h6-11,25H,12H2,1-5H3,(H2,20,21,22,23). The average molecular weight is 342 g/mol. The van der Waals surface area contributed by atoms with E-state index >= 15 is 0 Å². The Bertz CT molecular complexity index is 751. The van der Waals surface area contributed by atoms with Crippen molar-refractivity contribution in [1.82, 2.24) is 9.97 Å². The molecule has 0 aliphatic carbocycles. The lowest BCUT2D eigenvalue weighted by atomic mass is 9.82. The number of aromatic nitrogens is 2. The molecular weight excluding hydrogens is 316 g/mol. The number of hydrogen-bond acceptors (Lipinski definition) is 6. The van der Waals surface area contributed by atoms with Gasteiger partial charge in [-0.15, -0.1) is 0 Å². The molecule has 0 bridgehead atoms. The molecule has 6 heteroatoms. The SMILES string of the molecule is CC(C)(C)CC(C)(C)Nc1cc(C=O)nc(Nc2ccccc2O)n1. The zero-order valence-electron chi connectivity index (χ0n) is 15.4. The van der Waals surface area contributed by atoms with Crippen LogP contribution >= 0.6 is 0 Å². The fourth-order valence-corrected chi connectivity index (χ4v) is 3.06. The van der Waals surface area contributed by atoms with Gasteiger partial charge in [-0.2, -0.15) is 4.98 Å². The van der Waals surface area contributed by atoms with Gasteiger partial charge in [-0.1, -0.05) is 32.9 Å². The summed E-state index contributed by atoms with van der Waals surface area (Å²) in [6, 6.07) is 8.41. The van der Waals surface area contributed by atoms with Crippen LogP contribution in [0.3, 0.4) is 0 Å². The van der Waals surface area contributed by atoms with Crippen molar-refractivity contribution in [2.24, 2.45) is 5.41 Å². The maximum atomic E-state index is 11.2. The topological polar surface area (TPSA) is 87.1 Å². The van der Waals surface area contributed by atoms with Gasteiger partial charge in [0.2, 0.25) is 5.95 Å². The van der Waals surface area contributed by atoms with Crippen LogP contribution in [0.2, 0.25) is 0 Å². The normalized spacial score (nSPS) is 11.9. The van der Waals surface area contributed by atoms with Crippen molar-refractivity contribution in [2.75, 3.05) is 10.6 Å². The Labute approximate surface area is 148 Å². The summed E-state index contributed by atoms with van der Waals surface area (Å²) in [5, 5.41) is 16.2. The van der Waals surface area contributed by atoms with Gasteiger partial charge in [0.1, 0.15) is 17.3 Å². The molecule has 0 amide bonds. The molecule has 0 radical (unpaired) electrons. The summed E-state index contributed by atoms with van der Waals surface area (Å²) in [7, 11) is 0. The number of para-hydroxylation sites is 2. The van der Waals surface area contributed by atoms with Gasteiger partial charge in [-0.3, -0.25) is 4.79 Å². The lowest BCUT2D eigenvalue weighted by Crippen LogP contribution is -2.35. The number of nitrogens with one attached hydrogen (secondary N) is 2. The van der Waals surface area contributed by atoms with E-state index in [0.29, 0.717) is 17.8 Å². The Morgan fingerprint density at radius 3 is 2.40 bits per heavy atom. The third-order valence-corrected chi connectivity index (χ3v) is 3.46. The van der Waals surface area contributed by atoms with E-state index < -0.39 is 0 Å². The number of phenols is 1. The van der Waals surface area contributed by atoms with Crippen molar-refractivity contribution in [3.8, 4) is 5.75 Å². The number of aldehydes is 1. The van der Waals surface area contributed by atoms with E-state index in [2.05, 4.69) is 55.2 Å². The maximum absolute atomic E-state index is 11.2. The first-order chi connectivity index (χ1) is 11.6. The van der Waals surface area contributed by atoms with Crippen LogP contribution < -0.4 is 10.6 Å². The van der Waals surface area contributed by atoms with Gasteiger partial charge in [0.25, 0.3) is 0 Å². The minimum absolute atomic E-state index is 0.0881. The molecular formula is C19H26N4O2. The Hall–Kier alpha value is -2.63. The lowest BCUT2D eigenvalue weighted by molar-refractivity contribution is 0.111. The van der Waals surface area contributed by atoms with Gasteiger partial charge in [0.05, 0.1) is 5.69 Å². The van der Waals surface area contributed by atoms with Crippen molar-refractivity contribution >= 4 is 23.7 Å². The van der Waals surface area contributed by atoms with Gasteiger partial charge in [0, 0.05) is 11.6 Å². The molecule has 0 aliphatic heterocycles. The molecule has 3 N–H and O–H groups in total. The van der Waals surface area contributed by atoms with Gasteiger partial charge in [0.15, 0.2) is 6.29 Å². The van der Waals surface area contributed by atoms with E-state index in [4.69, 9.17) is 0 Å². The highest BCUT2D eigenvalue weighted by Crippen LogP contribution is 2.30. The first kappa shape index (κ1) is 18.7. The van der Waals surface area contributed by atoms with Gasteiger partial charge < -0.3 is 15.7 Å². The monoisotopic (exact) mass is 342 g/mol. The predicted octanol–water partition coefficient (Wildman–Crippen LogP) is 4.37. The van der Waals surface area contributed by atoms with Crippen LogP contribution in [-0.4, -0.2) is 26.9 Å². The van der Waals surface area contributed by atoms with Crippen LogP contribution in [0.15, 0.2) is 30.3 Å². The minimum atomic E-state index is -0.209. The highest BCUT2D eigenvalue weighted by molar-refractivity contribution is 5.75. The molecule has 1 aromatic carbocycles. The van der Waals surface area contributed by atoms with Crippen molar-refractivity contribution in [3.63, 3.8) is 0 Å². The number of phenolic OH excluding ortho intramolecular Hbond substituents is 1. The van der Waals surface area contributed by atoms with Gasteiger partial charge in [-0.25, -0.2) is 4.98 Å². The summed E-state index contributed by atoms with van der Waals surface area (Å²) in [5.74, 6) is 0.898. The summed E-state index contributed by atoms with van der Waals surface area (Å²) in [6.45, 7) is 10.7. The largest absolute Gasteiger partial charge is 0.506 e. The average Bonchev–Trinajstić information content (AvgIpc) is 2.46. The van der Waals surface area contributed by atoms with Crippen LogP contribution in [0.4, 0.5) is 17.5 Å². The van der Waals surface area contributed by atoms with E-state index in [1.54, 1.807) is 30.3 Å². The maximum Gasteiger partial charge on any atom is 0.229 e. The highest BCUT2D eigenvalue weighted by atomic mass is 16.3. The zero-order chi connectivity index (χ0) is 18.7. The first-order valence-electron chi connectivity index (χ1n) is 8.25. The smallest absolute Gasteiger partial charge is 0.229 e. The number of anilines is 3. The molecule has 0 saturated carbocycles. The number of nitrogens with zero attached hydrogens (tertiary/aromatic N) is 2. The van der Waals surface area contributed by atoms with E-state index in [9.17, 15) is 9.90 Å². The van der Waals surface area contributed by atoms with Crippen LogP contribution in [-0.2, 0) is 0 Å². The second-order valence-electron chi connectivity index (χ2n) is 8.01. The lowest BCUT2D eigenvalue weighted by Gasteiger charge is -2.33. The van der Waals surface area contributed by atoms with E-state index in [1.807, 2.05) is 0 Å². The number of carbonyl (C=O) groups excluding carboxylic acids is 1. The Morgan fingerprint density at radius 2 is 1.80 bits per heavy atom.